The number of hydrogen-bond donors (Lipinski definition) is 3. The molecular weight excluding hydrogens is 411 g/mol. The normalized spacial score (nSPS) is 11.2. The van der Waals surface area contributed by atoms with Crippen molar-refractivity contribution in [1.82, 2.24) is 15.0 Å². The average Bonchev–Trinajstić information content (AvgIpc) is 2.74. The average molecular weight is 433 g/mol. The van der Waals surface area contributed by atoms with Gasteiger partial charge in [0.2, 0.25) is 5.95 Å². The summed E-state index contributed by atoms with van der Waals surface area (Å²) in [7, 11) is 0. The number of nitrogens with zero attached hydrogens (tertiary/aromatic N) is 3. The molecule has 0 aliphatic carbocycles. The van der Waals surface area contributed by atoms with E-state index in [-0.39, 0.29) is 12.4 Å². The maximum Gasteiger partial charge on any atom is 0.573 e. The standard InChI is InChI=1S/C21H22F3N5O2/c22-21(23,24)31-17-4-1-3-16(13-17)18-14-19(29-20(28-18)27-8-2-12-30)26-11-7-15-5-9-25-10-6-15/h1,3-6,9-10,13-14,30H,2,7-8,11-12H2,(H2,26,27,28,29). The molecule has 0 unspecified atom stereocenters. The van der Waals surface area contributed by atoms with Crippen molar-refractivity contribution in [2.24, 2.45) is 0 Å². The summed E-state index contributed by atoms with van der Waals surface area (Å²) >= 11 is 0. The lowest BCUT2D eigenvalue weighted by Crippen LogP contribution is -2.17. The van der Waals surface area contributed by atoms with Crippen LogP contribution in [0.4, 0.5) is 24.9 Å². The van der Waals surface area contributed by atoms with Gasteiger partial charge in [-0.05, 0) is 42.7 Å². The number of aliphatic hydroxyl groups is 1. The van der Waals surface area contributed by atoms with Crippen molar-refractivity contribution in [2.45, 2.75) is 19.2 Å². The van der Waals surface area contributed by atoms with Gasteiger partial charge in [-0.3, -0.25) is 4.98 Å². The number of aromatic nitrogens is 3. The highest BCUT2D eigenvalue weighted by atomic mass is 19.4. The minimum absolute atomic E-state index is 0.0144. The van der Waals surface area contributed by atoms with Gasteiger partial charge in [-0.1, -0.05) is 12.1 Å². The maximum atomic E-state index is 12.6. The molecule has 2 aromatic heterocycles. The van der Waals surface area contributed by atoms with Gasteiger partial charge >= 0.3 is 6.36 Å². The minimum Gasteiger partial charge on any atom is -0.406 e. The van der Waals surface area contributed by atoms with E-state index in [1.807, 2.05) is 12.1 Å². The summed E-state index contributed by atoms with van der Waals surface area (Å²) in [6, 6.07) is 11.1. The van der Waals surface area contributed by atoms with Gasteiger partial charge in [-0.2, -0.15) is 4.98 Å². The fourth-order valence-electron chi connectivity index (χ4n) is 2.78. The van der Waals surface area contributed by atoms with Crippen LogP contribution in [0.15, 0.2) is 54.9 Å². The van der Waals surface area contributed by atoms with Crippen molar-refractivity contribution in [3.63, 3.8) is 0 Å². The van der Waals surface area contributed by atoms with Crippen LogP contribution in [0.25, 0.3) is 11.3 Å². The van der Waals surface area contributed by atoms with Crippen LogP contribution in [0.3, 0.4) is 0 Å². The van der Waals surface area contributed by atoms with Gasteiger partial charge in [-0.15, -0.1) is 13.2 Å². The Morgan fingerprint density at radius 1 is 0.968 bits per heavy atom. The summed E-state index contributed by atoms with van der Waals surface area (Å²) in [4.78, 5) is 12.8. The molecule has 0 aliphatic heterocycles. The Kier molecular flexibility index (Phi) is 7.60. The van der Waals surface area contributed by atoms with Crippen molar-refractivity contribution >= 4 is 11.8 Å². The van der Waals surface area contributed by atoms with E-state index in [2.05, 4.69) is 30.3 Å². The van der Waals surface area contributed by atoms with Crippen LogP contribution < -0.4 is 15.4 Å². The number of aliphatic hydroxyl groups excluding tert-OH is 1. The van der Waals surface area contributed by atoms with E-state index in [1.165, 1.54) is 18.2 Å². The number of nitrogens with one attached hydrogen (secondary N) is 2. The molecule has 3 aromatic rings. The van der Waals surface area contributed by atoms with E-state index in [1.54, 1.807) is 24.5 Å². The molecule has 0 aliphatic rings. The van der Waals surface area contributed by atoms with Gasteiger partial charge in [0.15, 0.2) is 0 Å². The van der Waals surface area contributed by atoms with Crippen molar-refractivity contribution in [2.75, 3.05) is 30.3 Å². The Morgan fingerprint density at radius 3 is 2.52 bits per heavy atom. The number of hydrogen-bond acceptors (Lipinski definition) is 7. The maximum absolute atomic E-state index is 12.6. The second-order valence-corrected chi connectivity index (χ2v) is 6.57. The Morgan fingerprint density at radius 2 is 1.77 bits per heavy atom. The summed E-state index contributed by atoms with van der Waals surface area (Å²) < 4.78 is 41.7. The van der Waals surface area contributed by atoms with E-state index < -0.39 is 6.36 Å². The molecule has 0 bridgehead atoms. The van der Waals surface area contributed by atoms with E-state index in [9.17, 15) is 13.2 Å². The first-order valence-corrected chi connectivity index (χ1v) is 9.66. The lowest BCUT2D eigenvalue weighted by molar-refractivity contribution is -0.274. The van der Waals surface area contributed by atoms with E-state index in [0.717, 1.165) is 12.0 Å². The van der Waals surface area contributed by atoms with Gasteiger partial charge in [0, 0.05) is 43.7 Å². The fraction of sp³-hybridized carbons (Fsp3) is 0.286. The first kappa shape index (κ1) is 22.3. The SMILES string of the molecule is OCCCNc1nc(NCCc2ccncc2)cc(-c2cccc(OC(F)(F)F)c2)n1. The zero-order valence-electron chi connectivity index (χ0n) is 16.6. The van der Waals surface area contributed by atoms with Crippen LogP contribution in [-0.2, 0) is 6.42 Å². The lowest BCUT2D eigenvalue weighted by Gasteiger charge is -2.13. The summed E-state index contributed by atoms with van der Waals surface area (Å²) in [5, 5.41) is 15.2. The summed E-state index contributed by atoms with van der Waals surface area (Å²) in [6.07, 6.45) is -0.0903. The number of benzene rings is 1. The molecule has 31 heavy (non-hydrogen) atoms. The van der Waals surface area contributed by atoms with Crippen LogP contribution in [0, 0.1) is 0 Å². The number of halogens is 3. The molecule has 3 rings (SSSR count). The third-order valence-electron chi connectivity index (χ3n) is 4.18. The fourth-order valence-corrected chi connectivity index (χ4v) is 2.78. The molecule has 0 fully saturated rings. The van der Waals surface area contributed by atoms with Crippen LogP contribution >= 0.6 is 0 Å². The van der Waals surface area contributed by atoms with Crippen molar-refractivity contribution in [1.29, 1.82) is 0 Å². The largest absolute Gasteiger partial charge is 0.573 e. The lowest BCUT2D eigenvalue weighted by atomic mass is 10.1. The molecule has 0 saturated heterocycles. The van der Waals surface area contributed by atoms with Gasteiger partial charge in [0.1, 0.15) is 11.6 Å². The summed E-state index contributed by atoms with van der Waals surface area (Å²) in [5.41, 5.74) is 1.99. The monoisotopic (exact) mass is 433 g/mol. The predicted molar refractivity (Wildman–Crippen MR) is 111 cm³/mol. The quantitative estimate of drug-likeness (QED) is 0.418. The summed E-state index contributed by atoms with van der Waals surface area (Å²) in [5.74, 6) is 0.498. The van der Waals surface area contributed by atoms with E-state index in [0.29, 0.717) is 42.5 Å². The Bertz CT molecular complexity index is 971. The molecule has 1 aromatic carbocycles. The smallest absolute Gasteiger partial charge is 0.406 e. The van der Waals surface area contributed by atoms with Crippen molar-refractivity contribution in [3.05, 3.63) is 60.4 Å². The van der Waals surface area contributed by atoms with Crippen LogP contribution in [0.1, 0.15) is 12.0 Å². The molecule has 164 valence electrons. The molecule has 0 saturated carbocycles. The molecule has 3 N–H and O–H groups in total. The highest BCUT2D eigenvalue weighted by molar-refractivity contribution is 5.66. The molecule has 7 nitrogen and oxygen atoms in total. The number of alkyl halides is 3. The van der Waals surface area contributed by atoms with E-state index in [4.69, 9.17) is 5.11 Å². The predicted octanol–water partition coefficient (Wildman–Crippen LogP) is 3.89. The van der Waals surface area contributed by atoms with Gasteiger partial charge in [-0.25, -0.2) is 4.98 Å². The molecule has 10 heteroatoms. The van der Waals surface area contributed by atoms with Gasteiger partial charge < -0.3 is 20.5 Å². The molecule has 0 atom stereocenters. The third kappa shape index (κ3) is 7.41. The number of rotatable bonds is 10. The van der Waals surface area contributed by atoms with Gasteiger partial charge in [0.25, 0.3) is 0 Å². The topological polar surface area (TPSA) is 92.2 Å². The van der Waals surface area contributed by atoms with E-state index >= 15 is 0 Å². The first-order chi connectivity index (χ1) is 14.9. The highest BCUT2D eigenvalue weighted by Crippen LogP contribution is 2.28. The van der Waals surface area contributed by atoms with Crippen LogP contribution in [0.2, 0.25) is 0 Å². The van der Waals surface area contributed by atoms with Crippen molar-refractivity contribution < 1.29 is 23.0 Å². The Labute approximate surface area is 177 Å². The molecule has 0 spiro atoms. The minimum atomic E-state index is -4.78. The highest BCUT2D eigenvalue weighted by Gasteiger charge is 2.31. The number of pyridine rings is 1. The second-order valence-electron chi connectivity index (χ2n) is 6.57. The molecule has 0 amide bonds. The van der Waals surface area contributed by atoms with Gasteiger partial charge in [0.05, 0.1) is 5.69 Å². The molecule has 0 radical (unpaired) electrons. The zero-order chi connectivity index (χ0) is 22.1. The molecule has 2 heterocycles. The number of ether oxygens (including phenoxy) is 1. The van der Waals surface area contributed by atoms with Crippen LogP contribution in [-0.4, -0.2) is 46.1 Å². The van der Waals surface area contributed by atoms with Crippen LogP contribution in [0.5, 0.6) is 5.75 Å². The molecular formula is C21H22F3N5O2. The Hall–Kier alpha value is -3.40. The Balaban J connectivity index is 1.80. The second kappa shape index (κ2) is 10.6. The number of anilines is 2. The third-order valence-corrected chi connectivity index (χ3v) is 4.18. The zero-order valence-corrected chi connectivity index (χ0v) is 16.6. The first-order valence-electron chi connectivity index (χ1n) is 9.66. The van der Waals surface area contributed by atoms with Crippen molar-refractivity contribution in [3.8, 4) is 17.0 Å². The summed E-state index contributed by atoms with van der Waals surface area (Å²) in [6.45, 7) is 1.06.